The molecule has 0 spiro atoms. The van der Waals surface area contributed by atoms with Crippen molar-refractivity contribution in [2.45, 2.75) is 6.92 Å². The van der Waals surface area contributed by atoms with Crippen LogP contribution in [0.15, 0.2) is 45.3 Å². The first-order valence-corrected chi connectivity index (χ1v) is 7.21. The highest BCUT2D eigenvalue weighted by atomic mass is 79.9. The number of carbonyl (C=O) groups is 1. The first-order chi connectivity index (χ1) is 8.49. The predicted octanol–water partition coefficient (Wildman–Crippen LogP) is 5.40. The number of hydrogen-bond acceptors (Lipinski definition) is 1. The zero-order valence-corrected chi connectivity index (χ0v) is 13.4. The van der Waals surface area contributed by atoms with Crippen LogP contribution in [0.4, 0.5) is 0 Å². The Labute approximate surface area is 127 Å². The van der Waals surface area contributed by atoms with Crippen LogP contribution in [0.5, 0.6) is 0 Å². The first-order valence-electron chi connectivity index (χ1n) is 5.25. The Morgan fingerprint density at radius 2 is 1.83 bits per heavy atom. The summed E-state index contributed by atoms with van der Waals surface area (Å²) in [7, 11) is 0. The van der Waals surface area contributed by atoms with E-state index in [4.69, 9.17) is 11.6 Å². The smallest absolute Gasteiger partial charge is 0.194 e. The Morgan fingerprint density at radius 3 is 2.44 bits per heavy atom. The van der Waals surface area contributed by atoms with Crippen molar-refractivity contribution < 1.29 is 4.79 Å². The second-order valence-corrected chi connectivity index (χ2v) is 6.09. The molecule has 2 rings (SSSR count). The molecular weight excluding hydrogens is 379 g/mol. The second-order valence-electron chi connectivity index (χ2n) is 3.92. The van der Waals surface area contributed by atoms with Gasteiger partial charge < -0.3 is 0 Å². The minimum Gasteiger partial charge on any atom is -0.289 e. The van der Waals surface area contributed by atoms with E-state index < -0.39 is 0 Å². The lowest BCUT2D eigenvalue weighted by Crippen LogP contribution is -2.02. The molecule has 0 aliphatic heterocycles. The molecule has 2 aromatic rings. The Bertz CT molecular complexity index is 623. The molecule has 0 radical (unpaired) electrons. The van der Waals surface area contributed by atoms with Crippen molar-refractivity contribution in [2.75, 3.05) is 0 Å². The summed E-state index contributed by atoms with van der Waals surface area (Å²) in [5.74, 6) is -0.0451. The van der Waals surface area contributed by atoms with Crippen molar-refractivity contribution in [3.63, 3.8) is 0 Å². The summed E-state index contributed by atoms with van der Waals surface area (Å²) in [5, 5.41) is 0.606. The molecule has 0 heterocycles. The highest BCUT2D eigenvalue weighted by molar-refractivity contribution is 9.11. The second kappa shape index (κ2) is 5.55. The van der Waals surface area contributed by atoms with Crippen molar-refractivity contribution in [2.24, 2.45) is 0 Å². The first kappa shape index (κ1) is 13.8. The Balaban J connectivity index is 2.44. The van der Waals surface area contributed by atoms with Gasteiger partial charge in [0.25, 0.3) is 0 Å². The van der Waals surface area contributed by atoms with Gasteiger partial charge in [0, 0.05) is 25.1 Å². The average molecular weight is 388 g/mol. The van der Waals surface area contributed by atoms with E-state index in [0.717, 1.165) is 14.5 Å². The average Bonchev–Trinajstić information content (AvgIpc) is 2.32. The third-order valence-corrected chi connectivity index (χ3v) is 4.17. The minimum absolute atomic E-state index is 0.0451. The Morgan fingerprint density at radius 1 is 1.11 bits per heavy atom. The van der Waals surface area contributed by atoms with Crippen LogP contribution in [0.2, 0.25) is 5.02 Å². The van der Waals surface area contributed by atoms with Crippen molar-refractivity contribution in [3.8, 4) is 0 Å². The van der Waals surface area contributed by atoms with E-state index in [2.05, 4.69) is 31.9 Å². The van der Waals surface area contributed by atoms with Crippen LogP contribution in [0, 0.1) is 6.92 Å². The quantitative estimate of drug-likeness (QED) is 0.629. The molecule has 0 aromatic heterocycles. The van der Waals surface area contributed by atoms with Gasteiger partial charge in [-0.15, -0.1) is 0 Å². The lowest BCUT2D eigenvalue weighted by Gasteiger charge is -2.06. The van der Waals surface area contributed by atoms with Crippen LogP contribution in [0.1, 0.15) is 21.5 Å². The molecule has 0 amide bonds. The van der Waals surface area contributed by atoms with Gasteiger partial charge in [0.1, 0.15) is 0 Å². The normalized spacial score (nSPS) is 10.4. The fourth-order valence-electron chi connectivity index (χ4n) is 1.56. The number of hydrogen-bond donors (Lipinski definition) is 0. The molecule has 0 aliphatic carbocycles. The number of benzene rings is 2. The molecule has 0 saturated heterocycles. The molecular formula is C14H9Br2ClO. The van der Waals surface area contributed by atoms with Crippen LogP contribution in [0.25, 0.3) is 0 Å². The molecule has 0 unspecified atom stereocenters. The largest absolute Gasteiger partial charge is 0.289 e. The van der Waals surface area contributed by atoms with Crippen LogP contribution in [-0.4, -0.2) is 5.78 Å². The summed E-state index contributed by atoms with van der Waals surface area (Å²) in [4.78, 5) is 12.3. The third-order valence-electron chi connectivity index (χ3n) is 2.61. The third kappa shape index (κ3) is 2.85. The molecule has 1 nitrogen and oxygen atoms in total. The van der Waals surface area contributed by atoms with E-state index in [0.29, 0.717) is 16.1 Å². The lowest BCUT2D eigenvalue weighted by molar-refractivity contribution is 0.103. The van der Waals surface area contributed by atoms with E-state index >= 15 is 0 Å². The number of halogens is 3. The van der Waals surface area contributed by atoms with E-state index in [1.807, 2.05) is 25.1 Å². The van der Waals surface area contributed by atoms with Crippen molar-refractivity contribution in [1.82, 2.24) is 0 Å². The topological polar surface area (TPSA) is 17.1 Å². The molecule has 0 bridgehead atoms. The molecule has 4 heteroatoms. The summed E-state index contributed by atoms with van der Waals surface area (Å²) in [6.45, 7) is 1.91. The zero-order valence-electron chi connectivity index (χ0n) is 9.51. The highest BCUT2D eigenvalue weighted by Gasteiger charge is 2.13. The Kier molecular flexibility index (Phi) is 4.25. The van der Waals surface area contributed by atoms with Crippen LogP contribution < -0.4 is 0 Å². The SMILES string of the molecule is Cc1ccc(C(=O)c2ccc(Br)cc2Br)cc1Cl. The fraction of sp³-hybridized carbons (Fsp3) is 0.0714. The number of ketones is 1. The maximum absolute atomic E-state index is 12.3. The van der Waals surface area contributed by atoms with Gasteiger partial charge in [-0.1, -0.05) is 39.7 Å². The summed E-state index contributed by atoms with van der Waals surface area (Å²) in [5.41, 5.74) is 2.18. The van der Waals surface area contributed by atoms with Crippen LogP contribution >= 0.6 is 43.5 Å². The number of rotatable bonds is 2. The molecule has 0 fully saturated rings. The summed E-state index contributed by atoms with van der Waals surface area (Å²) in [6, 6.07) is 10.8. The van der Waals surface area contributed by atoms with Gasteiger partial charge in [-0.05, 0) is 52.7 Å². The standard InChI is InChI=1S/C14H9Br2ClO/c1-8-2-3-9(6-13(8)17)14(18)11-5-4-10(15)7-12(11)16/h2-7H,1H3. The number of carbonyl (C=O) groups excluding carboxylic acids is 1. The monoisotopic (exact) mass is 386 g/mol. The summed E-state index contributed by atoms with van der Waals surface area (Å²) < 4.78 is 1.69. The van der Waals surface area contributed by atoms with Gasteiger partial charge in [0.15, 0.2) is 5.78 Å². The van der Waals surface area contributed by atoms with E-state index in [-0.39, 0.29) is 5.78 Å². The molecule has 2 aromatic carbocycles. The maximum atomic E-state index is 12.3. The Hall–Kier alpha value is -0.640. The summed E-state index contributed by atoms with van der Waals surface area (Å²) >= 11 is 12.8. The van der Waals surface area contributed by atoms with Gasteiger partial charge in [0.2, 0.25) is 0 Å². The van der Waals surface area contributed by atoms with E-state index in [1.165, 1.54) is 0 Å². The molecule has 0 N–H and O–H groups in total. The van der Waals surface area contributed by atoms with Crippen molar-refractivity contribution >= 4 is 49.2 Å². The van der Waals surface area contributed by atoms with Crippen LogP contribution in [0.3, 0.4) is 0 Å². The molecule has 92 valence electrons. The highest BCUT2D eigenvalue weighted by Crippen LogP contribution is 2.25. The lowest BCUT2D eigenvalue weighted by atomic mass is 10.0. The molecule has 18 heavy (non-hydrogen) atoms. The fourth-order valence-corrected chi connectivity index (χ4v) is 2.97. The zero-order chi connectivity index (χ0) is 13.3. The van der Waals surface area contributed by atoms with Crippen LogP contribution in [-0.2, 0) is 0 Å². The van der Waals surface area contributed by atoms with E-state index in [9.17, 15) is 4.79 Å². The molecule has 0 aliphatic rings. The minimum atomic E-state index is -0.0451. The van der Waals surface area contributed by atoms with E-state index in [1.54, 1.807) is 18.2 Å². The van der Waals surface area contributed by atoms with Gasteiger partial charge >= 0.3 is 0 Å². The maximum Gasteiger partial charge on any atom is 0.194 e. The van der Waals surface area contributed by atoms with Gasteiger partial charge in [0.05, 0.1) is 0 Å². The van der Waals surface area contributed by atoms with Crippen molar-refractivity contribution in [3.05, 3.63) is 67.1 Å². The molecule has 0 saturated carbocycles. The van der Waals surface area contributed by atoms with Gasteiger partial charge in [-0.2, -0.15) is 0 Å². The van der Waals surface area contributed by atoms with Gasteiger partial charge in [-0.3, -0.25) is 4.79 Å². The molecule has 0 atom stereocenters. The predicted molar refractivity (Wildman–Crippen MR) is 81.5 cm³/mol. The number of aryl methyl sites for hydroxylation is 1. The van der Waals surface area contributed by atoms with Gasteiger partial charge in [-0.25, -0.2) is 0 Å². The summed E-state index contributed by atoms with van der Waals surface area (Å²) in [6.07, 6.45) is 0. The van der Waals surface area contributed by atoms with Crippen molar-refractivity contribution in [1.29, 1.82) is 0 Å².